The van der Waals surface area contributed by atoms with Crippen molar-refractivity contribution >= 4 is 23.1 Å². The molecule has 1 saturated heterocycles. The maximum absolute atomic E-state index is 6.16. The van der Waals surface area contributed by atoms with Crippen LogP contribution >= 0.6 is 23.1 Å². The second-order valence-electron chi connectivity index (χ2n) is 4.50. The fraction of sp³-hybridized carbons (Fsp3) is 0.667. The summed E-state index contributed by atoms with van der Waals surface area (Å²) in [7, 11) is 0. The average molecular weight is 256 g/mol. The summed E-state index contributed by atoms with van der Waals surface area (Å²) in [4.78, 5) is 3.96. The van der Waals surface area contributed by atoms with Gasteiger partial charge in [0.2, 0.25) is 0 Å². The molecule has 2 heterocycles. The summed E-state index contributed by atoms with van der Waals surface area (Å²) < 4.78 is 0. The Morgan fingerprint density at radius 1 is 1.56 bits per heavy atom. The average Bonchev–Trinajstić information content (AvgIpc) is 2.71. The van der Waals surface area contributed by atoms with E-state index in [0.717, 1.165) is 11.8 Å². The number of rotatable bonds is 3. The lowest BCUT2D eigenvalue weighted by Crippen LogP contribution is -2.45. The molecule has 2 N–H and O–H groups in total. The fourth-order valence-electron chi connectivity index (χ4n) is 2.33. The van der Waals surface area contributed by atoms with E-state index in [1.54, 1.807) is 0 Å². The highest BCUT2D eigenvalue weighted by atomic mass is 32.2. The summed E-state index contributed by atoms with van der Waals surface area (Å²) >= 11 is 3.89. The minimum absolute atomic E-state index is 0.203. The van der Waals surface area contributed by atoms with Gasteiger partial charge in [0.25, 0.3) is 0 Å². The van der Waals surface area contributed by atoms with E-state index in [2.05, 4.69) is 48.0 Å². The molecule has 2 rings (SSSR count). The van der Waals surface area contributed by atoms with Crippen LogP contribution in [-0.2, 0) is 0 Å². The number of nitrogens with two attached hydrogens (primary N) is 1. The van der Waals surface area contributed by atoms with Crippen molar-refractivity contribution < 1.29 is 0 Å². The van der Waals surface area contributed by atoms with Crippen molar-refractivity contribution in [2.45, 2.75) is 31.2 Å². The predicted octanol–water partition coefficient (Wildman–Crippen LogP) is 2.57. The summed E-state index contributed by atoms with van der Waals surface area (Å²) in [6.45, 7) is 6.76. The van der Waals surface area contributed by atoms with Gasteiger partial charge in [-0.2, -0.15) is 11.8 Å². The molecule has 0 bridgehead atoms. The van der Waals surface area contributed by atoms with E-state index in [1.165, 1.54) is 17.2 Å². The van der Waals surface area contributed by atoms with Gasteiger partial charge in [-0.15, -0.1) is 11.3 Å². The smallest absolute Gasteiger partial charge is 0.0591 e. The van der Waals surface area contributed by atoms with Gasteiger partial charge >= 0.3 is 0 Å². The van der Waals surface area contributed by atoms with Gasteiger partial charge in [0.1, 0.15) is 0 Å². The van der Waals surface area contributed by atoms with Crippen molar-refractivity contribution in [2.24, 2.45) is 5.73 Å². The van der Waals surface area contributed by atoms with Crippen LogP contribution in [0.5, 0.6) is 0 Å². The third-order valence-corrected chi connectivity index (χ3v) is 5.08. The molecule has 3 atom stereocenters. The molecule has 0 aliphatic carbocycles. The van der Waals surface area contributed by atoms with Gasteiger partial charge in [0, 0.05) is 35.0 Å². The van der Waals surface area contributed by atoms with Crippen molar-refractivity contribution in [3.63, 3.8) is 0 Å². The fourth-order valence-corrected chi connectivity index (χ4v) is 4.34. The van der Waals surface area contributed by atoms with Gasteiger partial charge in [-0.25, -0.2) is 0 Å². The lowest BCUT2D eigenvalue weighted by atomic mass is 10.1. The van der Waals surface area contributed by atoms with Crippen LogP contribution in [0, 0.1) is 0 Å². The van der Waals surface area contributed by atoms with Crippen molar-refractivity contribution in [3.05, 3.63) is 22.4 Å². The van der Waals surface area contributed by atoms with Crippen LogP contribution in [0.25, 0.3) is 0 Å². The van der Waals surface area contributed by atoms with Crippen LogP contribution in [0.15, 0.2) is 17.5 Å². The summed E-state index contributed by atoms with van der Waals surface area (Å²) in [5.41, 5.74) is 6.16. The summed E-state index contributed by atoms with van der Waals surface area (Å²) in [6.07, 6.45) is 0. The molecular weight excluding hydrogens is 236 g/mol. The van der Waals surface area contributed by atoms with Crippen molar-refractivity contribution in [1.82, 2.24) is 4.90 Å². The second-order valence-corrected chi connectivity index (χ2v) is 7.02. The lowest BCUT2D eigenvalue weighted by molar-refractivity contribution is 0.187. The van der Waals surface area contributed by atoms with Crippen LogP contribution in [0.1, 0.15) is 24.8 Å². The number of thioether (sulfide) groups is 1. The second kappa shape index (κ2) is 5.54. The Labute approximate surface area is 106 Å². The summed E-state index contributed by atoms with van der Waals surface area (Å²) in [5.74, 6) is 1.23. The molecule has 1 aromatic heterocycles. The minimum atomic E-state index is 0.203. The predicted molar refractivity (Wildman–Crippen MR) is 74.2 cm³/mol. The molecule has 1 aromatic rings. The third-order valence-electron chi connectivity index (χ3n) is 3.00. The molecule has 16 heavy (non-hydrogen) atoms. The quantitative estimate of drug-likeness (QED) is 0.901. The molecular formula is C12H20N2S2. The highest BCUT2D eigenvalue weighted by Gasteiger charge is 2.28. The molecule has 0 aromatic carbocycles. The van der Waals surface area contributed by atoms with E-state index in [0.29, 0.717) is 6.04 Å². The van der Waals surface area contributed by atoms with E-state index >= 15 is 0 Å². The Bertz CT molecular complexity index is 311. The van der Waals surface area contributed by atoms with Crippen LogP contribution in [0.3, 0.4) is 0 Å². The molecule has 1 aliphatic rings. The largest absolute Gasteiger partial charge is 0.326 e. The van der Waals surface area contributed by atoms with Gasteiger partial charge in [0.15, 0.2) is 0 Å². The Hall–Kier alpha value is -0.0300. The highest BCUT2D eigenvalue weighted by molar-refractivity contribution is 7.99. The molecule has 4 heteroatoms. The number of nitrogens with zero attached hydrogens (tertiary/aromatic N) is 1. The zero-order valence-corrected chi connectivity index (χ0v) is 11.6. The van der Waals surface area contributed by atoms with Gasteiger partial charge in [-0.05, 0) is 18.4 Å². The van der Waals surface area contributed by atoms with E-state index in [4.69, 9.17) is 5.73 Å². The first kappa shape index (κ1) is 12.4. The molecule has 0 amide bonds. The van der Waals surface area contributed by atoms with Crippen LogP contribution in [-0.4, -0.2) is 35.0 Å². The SMILES string of the molecule is CC1CN(C(c2cccs2)C(C)N)CCS1. The normalized spacial score (nSPS) is 26.6. The van der Waals surface area contributed by atoms with Gasteiger partial charge < -0.3 is 5.73 Å². The van der Waals surface area contributed by atoms with Crippen LogP contribution in [0.4, 0.5) is 0 Å². The molecule has 1 aliphatic heterocycles. The Morgan fingerprint density at radius 2 is 2.38 bits per heavy atom. The minimum Gasteiger partial charge on any atom is -0.326 e. The molecule has 0 saturated carbocycles. The number of hydrogen-bond acceptors (Lipinski definition) is 4. The van der Waals surface area contributed by atoms with Crippen LogP contribution in [0.2, 0.25) is 0 Å². The topological polar surface area (TPSA) is 29.3 Å². The zero-order chi connectivity index (χ0) is 11.5. The highest BCUT2D eigenvalue weighted by Crippen LogP contribution is 2.31. The Balaban J connectivity index is 2.13. The zero-order valence-electron chi connectivity index (χ0n) is 9.93. The summed E-state index contributed by atoms with van der Waals surface area (Å²) in [5, 5.41) is 2.88. The van der Waals surface area contributed by atoms with E-state index in [9.17, 15) is 0 Å². The van der Waals surface area contributed by atoms with Gasteiger partial charge in [-0.3, -0.25) is 4.90 Å². The molecule has 90 valence electrons. The third kappa shape index (κ3) is 2.80. The molecule has 0 radical (unpaired) electrons. The molecule has 1 fully saturated rings. The first-order chi connectivity index (χ1) is 7.68. The van der Waals surface area contributed by atoms with Crippen LogP contribution < -0.4 is 5.73 Å². The van der Waals surface area contributed by atoms with Crippen molar-refractivity contribution in [2.75, 3.05) is 18.8 Å². The molecule has 2 nitrogen and oxygen atoms in total. The van der Waals surface area contributed by atoms with E-state index in [1.807, 2.05) is 11.3 Å². The molecule has 0 spiro atoms. The van der Waals surface area contributed by atoms with Gasteiger partial charge in [0.05, 0.1) is 6.04 Å². The maximum atomic E-state index is 6.16. The summed E-state index contributed by atoms with van der Waals surface area (Å²) in [6, 6.07) is 4.94. The maximum Gasteiger partial charge on any atom is 0.0591 e. The first-order valence-electron chi connectivity index (χ1n) is 5.83. The van der Waals surface area contributed by atoms with Crippen molar-refractivity contribution in [1.29, 1.82) is 0 Å². The monoisotopic (exact) mass is 256 g/mol. The van der Waals surface area contributed by atoms with Gasteiger partial charge in [-0.1, -0.05) is 13.0 Å². The first-order valence-corrected chi connectivity index (χ1v) is 7.76. The Kier molecular flexibility index (Phi) is 4.30. The van der Waals surface area contributed by atoms with Crippen molar-refractivity contribution in [3.8, 4) is 0 Å². The lowest BCUT2D eigenvalue weighted by Gasteiger charge is -2.38. The standard InChI is InChI=1S/C12H20N2S2/c1-9-8-14(5-7-15-9)12(10(2)13)11-4-3-6-16-11/h3-4,6,9-10,12H,5,7-8,13H2,1-2H3. The number of thiophene rings is 1. The Morgan fingerprint density at radius 3 is 2.94 bits per heavy atom. The number of hydrogen-bond donors (Lipinski definition) is 1. The molecule has 3 unspecified atom stereocenters. The van der Waals surface area contributed by atoms with E-state index in [-0.39, 0.29) is 6.04 Å². The van der Waals surface area contributed by atoms with E-state index < -0.39 is 0 Å².